The van der Waals surface area contributed by atoms with Crippen LogP contribution in [0.25, 0.3) is 0 Å². The highest BCUT2D eigenvalue weighted by atomic mass is 32.2. The number of aliphatic hydroxyl groups is 1. The molecule has 1 aliphatic carbocycles. The highest BCUT2D eigenvalue weighted by molar-refractivity contribution is 8.00. The lowest BCUT2D eigenvalue weighted by atomic mass is 9.99. The first-order valence-corrected chi connectivity index (χ1v) is 10.7. The fourth-order valence-electron chi connectivity index (χ4n) is 2.93. The fraction of sp³-hybridized carbons (Fsp3) is 0.455. The van der Waals surface area contributed by atoms with Crippen molar-refractivity contribution in [2.75, 3.05) is 12.4 Å². The number of allylic oxidation sites excluding steroid dienone is 3. The number of halogens is 1. The van der Waals surface area contributed by atoms with Crippen LogP contribution in [0.3, 0.4) is 0 Å². The Morgan fingerprint density at radius 1 is 1.34 bits per heavy atom. The Bertz CT molecular complexity index is 731. The highest BCUT2D eigenvalue weighted by Crippen LogP contribution is 2.31. The Labute approximate surface area is 174 Å². The molecule has 4 atom stereocenters. The van der Waals surface area contributed by atoms with Gasteiger partial charge in [-0.1, -0.05) is 25.2 Å². The van der Waals surface area contributed by atoms with Crippen molar-refractivity contribution in [1.82, 2.24) is 0 Å². The molecule has 0 amide bonds. The molecule has 1 aromatic carbocycles. The number of rotatable bonds is 12. The summed E-state index contributed by atoms with van der Waals surface area (Å²) in [6.07, 6.45) is 7.95. The molecule has 5 nitrogen and oxygen atoms in total. The van der Waals surface area contributed by atoms with E-state index in [1.54, 1.807) is 6.08 Å². The molecule has 2 rings (SSSR count). The van der Waals surface area contributed by atoms with Gasteiger partial charge in [0.1, 0.15) is 18.2 Å². The number of aliphatic carboxylic acids is 1. The van der Waals surface area contributed by atoms with Crippen LogP contribution in [0.1, 0.15) is 26.2 Å². The molecule has 2 N–H and O–H groups in total. The lowest BCUT2D eigenvalue weighted by Gasteiger charge is -2.19. The van der Waals surface area contributed by atoms with Crippen LogP contribution in [0.4, 0.5) is 4.39 Å². The summed E-state index contributed by atoms with van der Waals surface area (Å²) in [6.45, 7) is 2.05. The number of aliphatic hydroxyl groups excluding tert-OH is 1. The Balaban J connectivity index is 1.73. The lowest BCUT2D eigenvalue weighted by molar-refractivity contribution is -0.137. The molecule has 0 fully saturated rings. The molecular formula is C22H27FO5S. The molecule has 158 valence electrons. The number of hydrogen-bond donors (Lipinski definition) is 2. The predicted octanol–water partition coefficient (Wildman–Crippen LogP) is 3.87. The lowest BCUT2D eigenvalue weighted by Crippen LogP contribution is -2.24. The van der Waals surface area contributed by atoms with Gasteiger partial charge < -0.3 is 14.9 Å². The van der Waals surface area contributed by atoms with Gasteiger partial charge >= 0.3 is 5.97 Å². The van der Waals surface area contributed by atoms with Crippen LogP contribution in [0.2, 0.25) is 0 Å². The summed E-state index contributed by atoms with van der Waals surface area (Å²) in [5, 5.41) is 18.9. The van der Waals surface area contributed by atoms with Gasteiger partial charge in [-0.2, -0.15) is 11.8 Å². The number of carbonyl (C=O) groups is 2. The van der Waals surface area contributed by atoms with E-state index >= 15 is 0 Å². The van der Waals surface area contributed by atoms with Crippen molar-refractivity contribution in [2.24, 2.45) is 11.8 Å². The quantitative estimate of drug-likeness (QED) is 0.498. The summed E-state index contributed by atoms with van der Waals surface area (Å²) in [5.41, 5.74) is 0. The first-order chi connectivity index (χ1) is 13.8. The zero-order valence-electron chi connectivity index (χ0n) is 16.4. The van der Waals surface area contributed by atoms with Crippen LogP contribution in [0.5, 0.6) is 5.75 Å². The SMILES string of the molecule is CC(/C=C\CC1C(=O)C=CC1SCC(O)COc1ccc(F)cc1)CCC(=O)O. The van der Waals surface area contributed by atoms with E-state index in [0.717, 1.165) is 0 Å². The molecule has 0 saturated carbocycles. The van der Waals surface area contributed by atoms with E-state index in [9.17, 15) is 19.1 Å². The zero-order chi connectivity index (χ0) is 21.2. The number of ether oxygens (including phenoxy) is 1. The van der Waals surface area contributed by atoms with Gasteiger partial charge in [0.2, 0.25) is 0 Å². The number of carboxylic acid groups (broad SMARTS) is 1. The first-order valence-electron chi connectivity index (χ1n) is 9.63. The van der Waals surface area contributed by atoms with Crippen LogP contribution in [-0.4, -0.2) is 45.7 Å². The van der Waals surface area contributed by atoms with E-state index in [-0.39, 0.29) is 41.7 Å². The van der Waals surface area contributed by atoms with E-state index in [1.165, 1.54) is 36.0 Å². The molecular weight excluding hydrogens is 395 g/mol. The maximum atomic E-state index is 12.9. The van der Waals surface area contributed by atoms with Crippen LogP contribution >= 0.6 is 11.8 Å². The molecule has 0 aromatic heterocycles. The van der Waals surface area contributed by atoms with E-state index in [1.807, 2.05) is 25.2 Å². The molecule has 0 spiro atoms. The second-order valence-electron chi connectivity index (χ2n) is 7.16. The average Bonchev–Trinajstić information content (AvgIpc) is 3.04. The van der Waals surface area contributed by atoms with E-state index < -0.39 is 12.1 Å². The minimum absolute atomic E-state index is 0.0121. The Morgan fingerprint density at radius 3 is 2.76 bits per heavy atom. The van der Waals surface area contributed by atoms with Gasteiger partial charge in [0, 0.05) is 23.3 Å². The summed E-state index contributed by atoms with van der Waals surface area (Å²) in [6, 6.07) is 5.61. The Kier molecular flexibility index (Phi) is 9.41. The number of thioether (sulfide) groups is 1. The second-order valence-corrected chi connectivity index (χ2v) is 8.37. The molecule has 0 radical (unpaired) electrons. The predicted molar refractivity (Wildman–Crippen MR) is 112 cm³/mol. The van der Waals surface area contributed by atoms with Crippen LogP contribution < -0.4 is 4.74 Å². The number of carbonyl (C=O) groups excluding carboxylic acids is 1. The van der Waals surface area contributed by atoms with Crippen molar-refractivity contribution in [3.8, 4) is 5.75 Å². The molecule has 1 aliphatic rings. The van der Waals surface area contributed by atoms with Gasteiger partial charge in [0.05, 0.1) is 6.10 Å². The first kappa shape index (κ1) is 23.2. The largest absolute Gasteiger partial charge is 0.491 e. The van der Waals surface area contributed by atoms with Gasteiger partial charge in [-0.15, -0.1) is 0 Å². The maximum Gasteiger partial charge on any atom is 0.303 e. The average molecular weight is 423 g/mol. The Hall–Kier alpha value is -2.12. The zero-order valence-corrected chi connectivity index (χ0v) is 17.2. The van der Waals surface area contributed by atoms with E-state index in [2.05, 4.69) is 0 Å². The van der Waals surface area contributed by atoms with Crippen molar-refractivity contribution >= 4 is 23.5 Å². The maximum absolute atomic E-state index is 12.9. The third kappa shape index (κ3) is 8.41. The van der Waals surface area contributed by atoms with Crippen molar-refractivity contribution in [3.63, 3.8) is 0 Å². The number of ketones is 1. The highest BCUT2D eigenvalue weighted by Gasteiger charge is 2.29. The van der Waals surface area contributed by atoms with Crippen molar-refractivity contribution in [3.05, 3.63) is 54.4 Å². The van der Waals surface area contributed by atoms with E-state index in [0.29, 0.717) is 24.3 Å². The molecule has 0 saturated heterocycles. The number of benzene rings is 1. The molecule has 7 heteroatoms. The Morgan fingerprint density at radius 2 is 2.07 bits per heavy atom. The normalized spacial score (nSPS) is 20.9. The van der Waals surface area contributed by atoms with Crippen molar-refractivity contribution < 1.29 is 28.9 Å². The molecule has 0 bridgehead atoms. The van der Waals surface area contributed by atoms with Gasteiger partial charge in [0.25, 0.3) is 0 Å². The minimum Gasteiger partial charge on any atom is -0.491 e. The van der Waals surface area contributed by atoms with Gasteiger partial charge in [-0.05, 0) is 49.1 Å². The van der Waals surface area contributed by atoms with Crippen molar-refractivity contribution in [1.29, 1.82) is 0 Å². The summed E-state index contributed by atoms with van der Waals surface area (Å²) < 4.78 is 18.3. The van der Waals surface area contributed by atoms with Gasteiger partial charge in [-0.25, -0.2) is 4.39 Å². The standard InChI is InChI=1S/C22H27FO5S/c1-15(5-12-22(26)27)3-2-4-19-20(25)10-11-21(19)29-14-17(24)13-28-18-8-6-16(23)7-9-18/h2-3,6-11,15,17,19,21,24H,4-5,12-14H2,1H3,(H,26,27)/b3-2-. The summed E-state index contributed by atoms with van der Waals surface area (Å²) >= 11 is 1.51. The van der Waals surface area contributed by atoms with Crippen LogP contribution in [0, 0.1) is 17.7 Å². The monoisotopic (exact) mass is 422 g/mol. The third-order valence-electron chi connectivity index (χ3n) is 4.62. The number of carboxylic acids is 1. The van der Waals surface area contributed by atoms with Crippen LogP contribution in [0.15, 0.2) is 48.6 Å². The minimum atomic E-state index is -0.807. The fourth-order valence-corrected chi connectivity index (χ4v) is 4.14. The summed E-state index contributed by atoms with van der Waals surface area (Å²) in [5.74, 6) is -0.200. The molecule has 4 unspecified atom stereocenters. The van der Waals surface area contributed by atoms with Gasteiger partial charge in [0.15, 0.2) is 5.78 Å². The number of hydrogen-bond acceptors (Lipinski definition) is 5. The van der Waals surface area contributed by atoms with Gasteiger partial charge in [-0.3, -0.25) is 9.59 Å². The second kappa shape index (κ2) is 11.8. The van der Waals surface area contributed by atoms with E-state index in [4.69, 9.17) is 9.84 Å². The third-order valence-corrected chi connectivity index (χ3v) is 6.07. The van der Waals surface area contributed by atoms with Crippen molar-refractivity contribution in [2.45, 2.75) is 37.5 Å². The molecule has 1 aromatic rings. The topological polar surface area (TPSA) is 83.8 Å². The summed E-state index contributed by atoms with van der Waals surface area (Å²) in [7, 11) is 0. The molecule has 29 heavy (non-hydrogen) atoms. The molecule has 0 aliphatic heterocycles. The smallest absolute Gasteiger partial charge is 0.303 e. The summed E-state index contributed by atoms with van der Waals surface area (Å²) in [4.78, 5) is 22.7. The molecule has 0 heterocycles. The van der Waals surface area contributed by atoms with Crippen LogP contribution in [-0.2, 0) is 9.59 Å².